The molecule has 1 nitrogen and oxygen atoms in total. The van der Waals surface area contributed by atoms with E-state index in [1.54, 1.807) is 0 Å². The highest BCUT2D eigenvalue weighted by Crippen LogP contribution is 2.62. The minimum atomic E-state index is 0.517. The van der Waals surface area contributed by atoms with Crippen LogP contribution in [0.5, 0.6) is 0 Å². The molecule has 110 valence electrons. The van der Waals surface area contributed by atoms with Crippen LogP contribution in [0.25, 0.3) is 0 Å². The van der Waals surface area contributed by atoms with Crippen molar-refractivity contribution in [3.05, 3.63) is 0 Å². The van der Waals surface area contributed by atoms with E-state index in [0.29, 0.717) is 10.8 Å². The zero-order valence-corrected chi connectivity index (χ0v) is 13.5. The molecule has 0 aromatic rings. The number of hydrogen-bond acceptors (Lipinski definition) is 1. The summed E-state index contributed by atoms with van der Waals surface area (Å²) in [4.78, 5) is 0. The maximum Gasteiger partial charge on any atom is 0.0177 e. The van der Waals surface area contributed by atoms with E-state index in [0.717, 1.165) is 23.9 Å². The van der Waals surface area contributed by atoms with E-state index in [-0.39, 0.29) is 0 Å². The summed E-state index contributed by atoms with van der Waals surface area (Å²) in [5, 5.41) is 4.18. The summed E-state index contributed by atoms with van der Waals surface area (Å²) in [7, 11) is 0. The van der Waals surface area contributed by atoms with Gasteiger partial charge in [0.15, 0.2) is 0 Å². The minimum absolute atomic E-state index is 0.517. The number of hydrogen-bond donors (Lipinski definition) is 1. The van der Waals surface area contributed by atoms with Gasteiger partial charge in [-0.1, -0.05) is 47.0 Å². The summed E-state index contributed by atoms with van der Waals surface area (Å²) in [6, 6.07) is 1.56. The lowest BCUT2D eigenvalue weighted by Gasteiger charge is -2.47. The Hall–Kier alpha value is -0.0400. The molecule has 1 heteroatoms. The van der Waals surface area contributed by atoms with Crippen molar-refractivity contribution in [2.45, 2.75) is 91.1 Å². The molecule has 3 aliphatic carbocycles. The van der Waals surface area contributed by atoms with Gasteiger partial charge in [-0.3, -0.25) is 0 Å². The molecule has 19 heavy (non-hydrogen) atoms. The van der Waals surface area contributed by atoms with Gasteiger partial charge in [-0.05, 0) is 54.8 Å². The highest BCUT2D eigenvalue weighted by Gasteiger charge is 2.59. The summed E-state index contributed by atoms with van der Waals surface area (Å²) < 4.78 is 0. The fourth-order valence-corrected chi connectivity index (χ4v) is 5.85. The molecule has 3 fully saturated rings. The fraction of sp³-hybridized carbons (Fsp3) is 1.00. The highest BCUT2D eigenvalue weighted by atomic mass is 15.0. The van der Waals surface area contributed by atoms with E-state index in [1.807, 2.05) is 0 Å². The Morgan fingerprint density at radius 3 is 2.42 bits per heavy atom. The van der Waals surface area contributed by atoms with Gasteiger partial charge in [0.05, 0.1) is 0 Å². The van der Waals surface area contributed by atoms with Crippen LogP contribution in [0, 0.1) is 22.7 Å². The topological polar surface area (TPSA) is 12.0 Å². The van der Waals surface area contributed by atoms with Gasteiger partial charge >= 0.3 is 0 Å². The van der Waals surface area contributed by atoms with Gasteiger partial charge in [-0.25, -0.2) is 0 Å². The minimum Gasteiger partial charge on any atom is -0.310 e. The Kier molecular flexibility index (Phi) is 3.48. The van der Waals surface area contributed by atoms with Crippen molar-refractivity contribution >= 4 is 0 Å². The third kappa shape index (κ3) is 2.17. The molecule has 0 spiro atoms. The van der Waals surface area contributed by atoms with E-state index >= 15 is 0 Å². The third-order valence-corrected chi connectivity index (χ3v) is 7.08. The van der Waals surface area contributed by atoms with Crippen LogP contribution in [-0.4, -0.2) is 12.1 Å². The first kappa shape index (κ1) is 13.9. The Balaban J connectivity index is 1.75. The average molecular weight is 263 g/mol. The molecule has 3 saturated carbocycles. The summed E-state index contributed by atoms with van der Waals surface area (Å²) in [5.74, 6) is 1.91. The monoisotopic (exact) mass is 263 g/mol. The lowest BCUT2D eigenvalue weighted by atomic mass is 9.67. The van der Waals surface area contributed by atoms with Gasteiger partial charge in [0.25, 0.3) is 0 Å². The van der Waals surface area contributed by atoms with Crippen LogP contribution in [-0.2, 0) is 0 Å². The summed E-state index contributed by atoms with van der Waals surface area (Å²) in [6.07, 6.45) is 11.6. The second-order valence-corrected chi connectivity index (χ2v) is 8.57. The zero-order chi connectivity index (χ0) is 13.7. The van der Waals surface area contributed by atoms with E-state index in [9.17, 15) is 0 Å². The Morgan fingerprint density at radius 1 is 1.05 bits per heavy atom. The molecule has 3 aliphatic rings. The highest BCUT2D eigenvalue weighted by molar-refractivity contribution is 5.12. The molecule has 0 amide bonds. The van der Waals surface area contributed by atoms with Crippen molar-refractivity contribution in [2.75, 3.05) is 0 Å². The van der Waals surface area contributed by atoms with E-state index < -0.39 is 0 Å². The van der Waals surface area contributed by atoms with Gasteiger partial charge < -0.3 is 5.32 Å². The molecule has 0 aromatic heterocycles. The number of rotatable bonds is 3. The van der Waals surface area contributed by atoms with Crippen LogP contribution in [0.4, 0.5) is 0 Å². The molecule has 1 N–H and O–H groups in total. The van der Waals surface area contributed by atoms with Crippen LogP contribution in [0.1, 0.15) is 79.1 Å². The van der Waals surface area contributed by atoms with Gasteiger partial charge in [0, 0.05) is 12.1 Å². The van der Waals surface area contributed by atoms with Crippen molar-refractivity contribution in [3.8, 4) is 0 Å². The molecule has 2 bridgehead atoms. The number of fused-ring (bicyclic) bond motifs is 2. The van der Waals surface area contributed by atoms with Crippen molar-refractivity contribution in [1.82, 2.24) is 5.32 Å². The smallest absolute Gasteiger partial charge is 0.0177 e. The van der Waals surface area contributed by atoms with Crippen LogP contribution < -0.4 is 5.32 Å². The first-order chi connectivity index (χ1) is 8.97. The van der Waals surface area contributed by atoms with Crippen LogP contribution in [0.2, 0.25) is 0 Å². The third-order valence-electron chi connectivity index (χ3n) is 7.08. The van der Waals surface area contributed by atoms with E-state index in [2.05, 4.69) is 33.0 Å². The van der Waals surface area contributed by atoms with Gasteiger partial charge in [-0.15, -0.1) is 0 Å². The standard InChI is InChI=1S/C18H33N/c1-5-13-8-6-7-9-15(13)19-16-17(2,3)14-10-11-18(16,4)12-14/h13-16,19H,5-12H2,1-4H3/t13?,14-,15?,16?,18+/m0/s1. The maximum atomic E-state index is 4.18. The van der Waals surface area contributed by atoms with Crippen molar-refractivity contribution in [3.63, 3.8) is 0 Å². The largest absolute Gasteiger partial charge is 0.310 e. The van der Waals surface area contributed by atoms with Crippen molar-refractivity contribution in [1.29, 1.82) is 0 Å². The first-order valence-corrected chi connectivity index (χ1v) is 8.73. The van der Waals surface area contributed by atoms with Crippen LogP contribution in [0.15, 0.2) is 0 Å². The Bertz CT molecular complexity index is 330. The number of nitrogens with one attached hydrogen (secondary N) is 1. The molecule has 0 radical (unpaired) electrons. The first-order valence-electron chi connectivity index (χ1n) is 8.73. The predicted octanol–water partition coefficient (Wildman–Crippen LogP) is 4.76. The molecule has 0 heterocycles. The van der Waals surface area contributed by atoms with Gasteiger partial charge in [-0.2, -0.15) is 0 Å². The fourth-order valence-electron chi connectivity index (χ4n) is 5.85. The molecule has 0 aliphatic heterocycles. The molecule has 3 rings (SSSR count). The normalized spacial score (nSPS) is 48.6. The molecule has 5 atom stereocenters. The van der Waals surface area contributed by atoms with E-state index in [1.165, 1.54) is 51.4 Å². The van der Waals surface area contributed by atoms with Crippen molar-refractivity contribution in [2.24, 2.45) is 22.7 Å². The summed E-state index contributed by atoms with van der Waals surface area (Å²) in [6.45, 7) is 10.0. The molecular formula is C18H33N. The van der Waals surface area contributed by atoms with Crippen LogP contribution in [0.3, 0.4) is 0 Å². The SMILES string of the molecule is CCC1CCCCC1NC1C(C)(C)[C@H]2CC[C@]1(C)C2. The zero-order valence-electron chi connectivity index (χ0n) is 13.5. The van der Waals surface area contributed by atoms with E-state index in [4.69, 9.17) is 0 Å². The molecule has 0 saturated heterocycles. The molecule has 0 aromatic carbocycles. The lowest BCUT2D eigenvalue weighted by molar-refractivity contribution is 0.0798. The molecule has 3 unspecified atom stereocenters. The van der Waals surface area contributed by atoms with Crippen LogP contribution >= 0.6 is 0 Å². The Morgan fingerprint density at radius 2 is 1.79 bits per heavy atom. The second-order valence-electron chi connectivity index (χ2n) is 8.57. The van der Waals surface area contributed by atoms with Gasteiger partial charge in [0.2, 0.25) is 0 Å². The lowest BCUT2D eigenvalue weighted by Crippen LogP contribution is -2.55. The summed E-state index contributed by atoms with van der Waals surface area (Å²) in [5.41, 5.74) is 1.10. The summed E-state index contributed by atoms with van der Waals surface area (Å²) >= 11 is 0. The maximum absolute atomic E-state index is 4.18. The predicted molar refractivity (Wildman–Crippen MR) is 82.2 cm³/mol. The van der Waals surface area contributed by atoms with Gasteiger partial charge in [0.1, 0.15) is 0 Å². The second kappa shape index (κ2) is 4.76. The Labute approximate surface area is 119 Å². The molecular weight excluding hydrogens is 230 g/mol. The van der Waals surface area contributed by atoms with Crippen molar-refractivity contribution < 1.29 is 0 Å². The average Bonchev–Trinajstić information content (AvgIpc) is 2.86. The quantitative estimate of drug-likeness (QED) is 0.774.